The van der Waals surface area contributed by atoms with Crippen molar-refractivity contribution in [3.05, 3.63) is 33.3 Å². The van der Waals surface area contributed by atoms with Gasteiger partial charge in [0.25, 0.3) is 0 Å². The molecule has 1 aliphatic rings. The van der Waals surface area contributed by atoms with E-state index in [9.17, 15) is 4.79 Å². The molecular formula is C14H17BrClNO2. The standard InChI is InChI=1S/C14H17BrClNO2/c1-9(10-4-5-19-8-10)17-14(18)7-11-6-12(16)2-3-13(11)15/h2-3,6,9-10H,4-5,7-8H2,1H3,(H,17,18)/t9-,10+/m0/s1. The molecule has 0 bridgehead atoms. The van der Waals surface area contributed by atoms with Crippen LogP contribution in [0.2, 0.25) is 5.02 Å². The van der Waals surface area contributed by atoms with Gasteiger partial charge in [-0.1, -0.05) is 27.5 Å². The molecule has 1 saturated heterocycles. The lowest BCUT2D eigenvalue weighted by atomic mass is 10.0. The van der Waals surface area contributed by atoms with E-state index in [0.717, 1.165) is 29.7 Å². The predicted octanol–water partition coefficient (Wildman–Crippen LogP) is 3.19. The van der Waals surface area contributed by atoms with Gasteiger partial charge in [0.1, 0.15) is 0 Å². The molecule has 0 spiro atoms. The average molecular weight is 347 g/mol. The van der Waals surface area contributed by atoms with Crippen LogP contribution in [0.25, 0.3) is 0 Å². The van der Waals surface area contributed by atoms with Gasteiger partial charge in [-0.3, -0.25) is 4.79 Å². The monoisotopic (exact) mass is 345 g/mol. The molecule has 2 atom stereocenters. The number of halogens is 2. The highest BCUT2D eigenvalue weighted by Gasteiger charge is 2.23. The van der Waals surface area contributed by atoms with Crippen molar-refractivity contribution in [2.75, 3.05) is 13.2 Å². The highest BCUT2D eigenvalue weighted by molar-refractivity contribution is 9.10. The first kappa shape index (κ1) is 14.8. The number of ether oxygens (including phenoxy) is 1. The molecule has 0 aliphatic carbocycles. The Balaban J connectivity index is 1.91. The lowest BCUT2D eigenvalue weighted by Crippen LogP contribution is -2.39. The highest BCUT2D eigenvalue weighted by atomic mass is 79.9. The fraction of sp³-hybridized carbons (Fsp3) is 0.500. The minimum atomic E-state index is 0.0161. The van der Waals surface area contributed by atoms with E-state index in [1.165, 1.54) is 0 Å². The lowest BCUT2D eigenvalue weighted by Gasteiger charge is -2.19. The summed E-state index contributed by atoms with van der Waals surface area (Å²) in [5.41, 5.74) is 0.903. The van der Waals surface area contributed by atoms with Crippen LogP contribution in [-0.4, -0.2) is 25.2 Å². The zero-order valence-corrected chi connectivity index (χ0v) is 13.1. The summed E-state index contributed by atoms with van der Waals surface area (Å²) in [6.45, 7) is 3.57. The molecule has 1 aromatic rings. The maximum Gasteiger partial charge on any atom is 0.224 e. The van der Waals surface area contributed by atoms with Crippen molar-refractivity contribution in [1.29, 1.82) is 0 Å². The summed E-state index contributed by atoms with van der Waals surface area (Å²) in [7, 11) is 0. The number of carbonyl (C=O) groups is 1. The molecule has 5 heteroatoms. The van der Waals surface area contributed by atoms with Gasteiger partial charge in [-0.25, -0.2) is 0 Å². The van der Waals surface area contributed by atoms with Gasteiger partial charge in [0.15, 0.2) is 0 Å². The summed E-state index contributed by atoms with van der Waals surface area (Å²) >= 11 is 9.37. The molecule has 0 aromatic heterocycles. The zero-order chi connectivity index (χ0) is 13.8. The molecule has 3 nitrogen and oxygen atoms in total. The van der Waals surface area contributed by atoms with Crippen LogP contribution in [0.4, 0.5) is 0 Å². The molecule has 0 unspecified atom stereocenters. The summed E-state index contributed by atoms with van der Waals surface area (Å²) in [5.74, 6) is 0.439. The van der Waals surface area contributed by atoms with Crippen LogP contribution in [0.3, 0.4) is 0 Å². The Kier molecular flexibility index (Phi) is 5.25. The minimum Gasteiger partial charge on any atom is -0.381 e. The van der Waals surface area contributed by atoms with E-state index in [4.69, 9.17) is 16.3 Å². The molecule has 1 fully saturated rings. The van der Waals surface area contributed by atoms with E-state index in [1.807, 2.05) is 19.1 Å². The van der Waals surface area contributed by atoms with Crippen LogP contribution in [0.1, 0.15) is 18.9 Å². The van der Waals surface area contributed by atoms with Crippen LogP contribution in [-0.2, 0) is 16.0 Å². The van der Waals surface area contributed by atoms with E-state index in [2.05, 4.69) is 21.2 Å². The SMILES string of the molecule is C[C@H](NC(=O)Cc1cc(Cl)ccc1Br)[C@@H]1CCOC1. The van der Waals surface area contributed by atoms with Gasteiger partial charge in [0.05, 0.1) is 13.0 Å². The molecule has 1 aromatic carbocycles. The number of rotatable bonds is 4. The second kappa shape index (κ2) is 6.73. The quantitative estimate of drug-likeness (QED) is 0.909. The molecule has 1 N–H and O–H groups in total. The van der Waals surface area contributed by atoms with Gasteiger partial charge in [-0.15, -0.1) is 0 Å². The maximum atomic E-state index is 12.0. The predicted molar refractivity (Wildman–Crippen MR) is 79.4 cm³/mol. The lowest BCUT2D eigenvalue weighted by molar-refractivity contribution is -0.121. The van der Waals surface area contributed by atoms with E-state index in [0.29, 0.717) is 17.4 Å². The second-order valence-electron chi connectivity index (χ2n) is 4.89. The molecule has 0 saturated carbocycles. The molecular weight excluding hydrogens is 330 g/mol. The molecule has 1 aliphatic heterocycles. The van der Waals surface area contributed by atoms with Crippen molar-refractivity contribution in [2.24, 2.45) is 5.92 Å². The second-order valence-corrected chi connectivity index (χ2v) is 6.18. The molecule has 2 rings (SSSR count). The summed E-state index contributed by atoms with van der Waals surface area (Å²) in [4.78, 5) is 12.0. The number of carbonyl (C=O) groups excluding carboxylic acids is 1. The van der Waals surface area contributed by atoms with Gasteiger partial charge in [-0.2, -0.15) is 0 Å². The molecule has 19 heavy (non-hydrogen) atoms. The first-order chi connectivity index (χ1) is 9.06. The van der Waals surface area contributed by atoms with Crippen molar-refractivity contribution < 1.29 is 9.53 Å². The molecule has 1 amide bonds. The first-order valence-corrected chi connectivity index (χ1v) is 7.54. The maximum absolute atomic E-state index is 12.0. The van der Waals surface area contributed by atoms with E-state index in [1.54, 1.807) is 6.07 Å². The number of amides is 1. The third kappa shape index (κ3) is 4.20. The van der Waals surface area contributed by atoms with E-state index in [-0.39, 0.29) is 11.9 Å². The smallest absolute Gasteiger partial charge is 0.224 e. The Hall–Kier alpha value is -0.580. The van der Waals surface area contributed by atoms with Crippen molar-refractivity contribution in [2.45, 2.75) is 25.8 Å². The van der Waals surface area contributed by atoms with Crippen molar-refractivity contribution in [3.8, 4) is 0 Å². The summed E-state index contributed by atoms with van der Waals surface area (Å²) < 4.78 is 6.24. The van der Waals surface area contributed by atoms with Gasteiger partial charge < -0.3 is 10.1 Å². The third-order valence-corrected chi connectivity index (χ3v) is 4.43. The van der Waals surface area contributed by atoms with Gasteiger partial charge in [0, 0.05) is 28.1 Å². The minimum absolute atomic E-state index is 0.0161. The summed E-state index contributed by atoms with van der Waals surface area (Å²) in [6.07, 6.45) is 1.35. The zero-order valence-electron chi connectivity index (χ0n) is 10.8. The highest BCUT2D eigenvalue weighted by Crippen LogP contribution is 2.22. The van der Waals surface area contributed by atoms with E-state index >= 15 is 0 Å². The number of hydrogen-bond acceptors (Lipinski definition) is 2. The topological polar surface area (TPSA) is 38.3 Å². The Morgan fingerprint density at radius 1 is 1.63 bits per heavy atom. The summed E-state index contributed by atoms with van der Waals surface area (Å²) in [5, 5.41) is 3.68. The number of hydrogen-bond donors (Lipinski definition) is 1. The number of nitrogens with one attached hydrogen (secondary N) is 1. The fourth-order valence-electron chi connectivity index (χ4n) is 2.22. The largest absolute Gasteiger partial charge is 0.381 e. The van der Waals surface area contributed by atoms with Crippen molar-refractivity contribution >= 4 is 33.4 Å². The van der Waals surface area contributed by atoms with Crippen LogP contribution in [0.15, 0.2) is 22.7 Å². The molecule has 0 radical (unpaired) electrons. The summed E-state index contributed by atoms with van der Waals surface area (Å²) in [6, 6.07) is 5.62. The van der Waals surface area contributed by atoms with Crippen LogP contribution in [0.5, 0.6) is 0 Å². The molecule has 1 heterocycles. The first-order valence-electron chi connectivity index (χ1n) is 6.37. The Bertz CT molecular complexity index is 461. The Morgan fingerprint density at radius 2 is 2.42 bits per heavy atom. The fourth-order valence-corrected chi connectivity index (χ4v) is 2.80. The van der Waals surface area contributed by atoms with Crippen molar-refractivity contribution in [3.63, 3.8) is 0 Å². The van der Waals surface area contributed by atoms with Crippen LogP contribution >= 0.6 is 27.5 Å². The van der Waals surface area contributed by atoms with Crippen LogP contribution in [0, 0.1) is 5.92 Å². The van der Waals surface area contributed by atoms with Crippen LogP contribution < -0.4 is 5.32 Å². The van der Waals surface area contributed by atoms with Gasteiger partial charge >= 0.3 is 0 Å². The van der Waals surface area contributed by atoms with Gasteiger partial charge in [0.2, 0.25) is 5.91 Å². The van der Waals surface area contributed by atoms with E-state index < -0.39 is 0 Å². The Morgan fingerprint density at radius 3 is 3.11 bits per heavy atom. The Labute approximate surface area is 126 Å². The normalized spacial score (nSPS) is 20.3. The molecule has 104 valence electrons. The van der Waals surface area contributed by atoms with Gasteiger partial charge in [-0.05, 0) is 37.1 Å². The number of benzene rings is 1. The van der Waals surface area contributed by atoms with Crippen molar-refractivity contribution in [1.82, 2.24) is 5.32 Å². The average Bonchev–Trinajstić information content (AvgIpc) is 2.87. The third-order valence-electron chi connectivity index (χ3n) is 3.42.